The van der Waals surface area contributed by atoms with Gasteiger partial charge in [0.1, 0.15) is 11.5 Å². The zero-order valence-corrected chi connectivity index (χ0v) is 14.6. The summed E-state index contributed by atoms with van der Waals surface area (Å²) in [5, 5.41) is 0. The lowest BCUT2D eigenvalue weighted by Gasteiger charge is -2.15. The van der Waals surface area contributed by atoms with E-state index in [0.29, 0.717) is 23.2 Å². The fourth-order valence-corrected chi connectivity index (χ4v) is 2.81. The molecule has 1 aliphatic carbocycles. The van der Waals surface area contributed by atoms with Crippen LogP contribution in [0.1, 0.15) is 41.9 Å². The molecule has 1 heterocycles. The molecule has 3 rings (SSSR count). The van der Waals surface area contributed by atoms with Gasteiger partial charge in [-0.05, 0) is 48.2 Å². The number of furan rings is 1. The average Bonchev–Trinajstić information content (AvgIpc) is 3.13. The van der Waals surface area contributed by atoms with Crippen LogP contribution in [0.4, 0.5) is 13.2 Å². The first-order valence-electron chi connectivity index (χ1n) is 8.43. The fourth-order valence-electron chi connectivity index (χ4n) is 2.81. The van der Waals surface area contributed by atoms with Crippen molar-refractivity contribution in [3.05, 3.63) is 65.1 Å². The minimum atomic E-state index is -4.36. The number of nitrogens with zero attached hydrogens (tertiary/aromatic N) is 1. The van der Waals surface area contributed by atoms with Crippen molar-refractivity contribution >= 4 is 12.0 Å². The van der Waals surface area contributed by atoms with Gasteiger partial charge in [-0.3, -0.25) is 4.79 Å². The minimum absolute atomic E-state index is 0.226. The standard InChI is InChI=1S/C20H20F3NO2/c1-13-11-17(13)18-9-7-16(26-18)8-10-19(25)24(2)12-14-3-5-15(6-4-14)20(21,22)23/h3-10,13,17H,11-12H2,1-2H3/b10-8+/t13-,17+/m1/s1. The molecule has 0 radical (unpaired) electrons. The second-order valence-corrected chi connectivity index (χ2v) is 6.78. The molecule has 2 aromatic rings. The van der Waals surface area contributed by atoms with Crippen LogP contribution >= 0.6 is 0 Å². The second kappa shape index (κ2) is 7.02. The maximum absolute atomic E-state index is 12.6. The van der Waals surface area contributed by atoms with Gasteiger partial charge in [0.2, 0.25) is 5.91 Å². The van der Waals surface area contributed by atoms with Gasteiger partial charge in [0.25, 0.3) is 0 Å². The van der Waals surface area contributed by atoms with Gasteiger partial charge in [0.15, 0.2) is 0 Å². The first-order chi connectivity index (χ1) is 12.2. The Bertz CT molecular complexity index is 805. The highest BCUT2D eigenvalue weighted by Crippen LogP contribution is 2.47. The number of carbonyl (C=O) groups excluding carboxylic acids is 1. The highest BCUT2D eigenvalue weighted by Gasteiger charge is 2.36. The lowest BCUT2D eigenvalue weighted by atomic mass is 10.1. The number of benzene rings is 1. The van der Waals surface area contributed by atoms with E-state index in [9.17, 15) is 18.0 Å². The number of rotatable bonds is 5. The van der Waals surface area contributed by atoms with Crippen molar-refractivity contribution in [3.8, 4) is 0 Å². The molecule has 1 saturated carbocycles. The SMILES string of the molecule is C[C@@H]1C[C@@H]1c1ccc(/C=C/C(=O)N(C)Cc2ccc(C(F)(F)F)cc2)o1. The van der Waals surface area contributed by atoms with Crippen molar-refractivity contribution in [1.82, 2.24) is 4.90 Å². The van der Waals surface area contributed by atoms with E-state index in [1.165, 1.54) is 23.1 Å². The van der Waals surface area contributed by atoms with Gasteiger partial charge < -0.3 is 9.32 Å². The third-order valence-electron chi connectivity index (χ3n) is 4.59. The first kappa shape index (κ1) is 18.3. The topological polar surface area (TPSA) is 33.5 Å². The lowest BCUT2D eigenvalue weighted by molar-refractivity contribution is -0.137. The summed E-state index contributed by atoms with van der Waals surface area (Å²) in [6, 6.07) is 8.57. The number of halogens is 3. The molecule has 0 unspecified atom stereocenters. The molecule has 0 bridgehead atoms. The van der Waals surface area contributed by atoms with Gasteiger partial charge in [0.05, 0.1) is 5.56 Å². The van der Waals surface area contributed by atoms with Crippen LogP contribution in [0.3, 0.4) is 0 Å². The van der Waals surface area contributed by atoms with Crippen LogP contribution in [-0.4, -0.2) is 17.9 Å². The summed E-state index contributed by atoms with van der Waals surface area (Å²) < 4.78 is 43.4. The highest BCUT2D eigenvalue weighted by atomic mass is 19.4. The lowest BCUT2D eigenvalue weighted by Crippen LogP contribution is -2.24. The van der Waals surface area contributed by atoms with E-state index in [0.717, 1.165) is 24.3 Å². The number of alkyl halides is 3. The van der Waals surface area contributed by atoms with Crippen LogP contribution in [0, 0.1) is 5.92 Å². The molecule has 1 fully saturated rings. The predicted octanol–water partition coefficient (Wildman–Crippen LogP) is 5.09. The molecule has 1 aromatic heterocycles. The molecule has 1 amide bonds. The van der Waals surface area contributed by atoms with Crippen molar-refractivity contribution in [3.63, 3.8) is 0 Å². The number of hydrogen-bond acceptors (Lipinski definition) is 2. The van der Waals surface area contributed by atoms with Crippen LogP contribution in [0.25, 0.3) is 6.08 Å². The molecule has 1 aliphatic rings. The average molecular weight is 363 g/mol. The van der Waals surface area contributed by atoms with Gasteiger partial charge in [-0.25, -0.2) is 0 Å². The van der Waals surface area contributed by atoms with E-state index in [2.05, 4.69) is 6.92 Å². The van der Waals surface area contributed by atoms with E-state index in [1.54, 1.807) is 13.1 Å². The van der Waals surface area contributed by atoms with Gasteiger partial charge >= 0.3 is 6.18 Å². The summed E-state index contributed by atoms with van der Waals surface area (Å²) in [4.78, 5) is 13.6. The zero-order chi connectivity index (χ0) is 18.9. The van der Waals surface area contributed by atoms with Crippen LogP contribution in [0.2, 0.25) is 0 Å². The Morgan fingerprint density at radius 1 is 1.23 bits per heavy atom. The van der Waals surface area contributed by atoms with Crippen LogP contribution in [-0.2, 0) is 17.5 Å². The van der Waals surface area contributed by atoms with Crippen molar-refractivity contribution < 1.29 is 22.4 Å². The second-order valence-electron chi connectivity index (χ2n) is 6.78. The van der Waals surface area contributed by atoms with E-state index in [1.807, 2.05) is 12.1 Å². The first-order valence-corrected chi connectivity index (χ1v) is 8.43. The van der Waals surface area contributed by atoms with Crippen LogP contribution < -0.4 is 0 Å². The molecule has 1 aromatic carbocycles. The Balaban J connectivity index is 1.56. The van der Waals surface area contributed by atoms with E-state index >= 15 is 0 Å². The maximum atomic E-state index is 12.6. The Labute approximate surface area is 150 Å². The Morgan fingerprint density at radius 3 is 2.46 bits per heavy atom. The minimum Gasteiger partial charge on any atom is -0.461 e. The normalized spacial score (nSPS) is 19.7. The number of hydrogen-bond donors (Lipinski definition) is 0. The summed E-state index contributed by atoms with van der Waals surface area (Å²) in [6.45, 7) is 2.40. The van der Waals surface area contributed by atoms with Gasteiger partial charge in [-0.2, -0.15) is 13.2 Å². The van der Waals surface area contributed by atoms with Gasteiger partial charge in [-0.1, -0.05) is 19.1 Å². The maximum Gasteiger partial charge on any atom is 0.416 e. The predicted molar refractivity (Wildman–Crippen MR) is 92.2 cm³/mol. The molecule has 0 aliphatic heterocycles. The summed E-state index contributed by atoms with van der Waals surface area (Å²) in [5.41, 5.74) is -0.0704. The Hall–Kier alpha value is -2.50. The van der Waals surface area contributed by atoms with E-state index in [-0.39, 0.29) is 12.5 Å². The van der Waals surface area contributed by atoms with Crippen molar-refractivity contribution in [2.24, 2.45) is 5.92 Å². The van der Waals surface area contributed by atoms with Crippen molar-refractivity contribution in [1.29, 1.82) is 0 Å². The highest BCUT2D eigenvalue weighted by molar-refractivity contribution is 5.91. The van der Waals surface area contributed by atoms with Crippen LogP contribution in [0.15, 0.2) is 46.9 Å². The molecule has 0 N–H and O–H groups in total. The van der Waals surface area contributed by atoms with Crippen LogP contribution in [0.5, 0.6) is 0 Å². The third kappa shape index (κ3) is 4.36. The molecule has 6 heteroatoms. The molecular weight excluding hydrogens is 343 g/mol. The summed E-state index contributed by atoms with van der Waals surface area (Å²) in [5.74, 6) is 2.45. The number of amides is 1. The molecule has 0 saturated heterocycles. The molecule has 138 valence electrons. The quantitative estimate of drug-likeness (QED) is 0.693. The summed E-state index contributed by atoms with van der Waals surface area (Å²) in [6.07, 6.45) is -0.209. The Kier molecular flexibility index (Phi) is 4.94. The zero-order valence-electron chi connectivity index (χ0n) is 14.6. The molecule has 0 spiro atoms. The third-order valence-corrected chi connectivity index (χ3v) is 4.59. The number of likely N-dealkylation sites (N-methyl/N-ethyl adjacent to an activating group) is 1. The smallest absolute Gasteiger partial charge is 0.416 e. The van der Waals surface area contributed by atoms with Gasteiger partial charge in [-0.15, -0.1) is 0 Å². The molecule has 26 heavy (non-hydrogen) atoms. The molecular formula is C20H20F3NO2. The van der Waals surface area contributed by atoms with Crippen molar-refractivity contribution in [2.75, 3.05) is 7.05 Å². The van der Waals surface area contributed by atoms with E-state index in [4.69, 9.17) is 4.42 Å². The van der Waals surface area contributed by atoms with E-state index < -0.39 is 11.7 Å². The van der Waals surface area contributed by atoms with Gasteiger partial charge in [0, 0.05) is 25.6 Å². The largest absolute Gasteiger partial charge is 0.461 e. The fraction of sp³-hybridized carbons (Fsp3) is 0.350. The molecule has 2 atom stereocenters. The van der Waals surface area contributed by atoms with Crippen molar-refractivity contribution in [2.45, 2.75) is 32.0 Å². The summed E-state index contributed by atoms with van der Waals surface area (Å²) in [7, 11) is 1.60. The summed E-state index contributed by atoms with van der Waals surface area (Å²) >= 11 is 0. The monoisotopic (exact) mass is 363 g/mol. The molecule has 3 nitrogen and oxygen atoms in total. The number of carbonyl (C=O) groups is 1. The Morgan fingerprint density at radius 2 is 1.88 bits per heavy atom.